The quantitative estimate of drug-likeness (QED) is 0.493. The summed E-state index contributed by atoms with van der Waals surface area (Å²) in [6.45, 7) is 3.76. The van der Waals surface area contributed by atoms with E-state index in [1.165, 1.54) is 16.7 Å². The Morgan fingerprint density at radius 3 is 2.00 bits per heavy atom. The van der Waals surface area contributed by atoms with Crippen LogP contribution in [0.25, 0.3) is 5.57 Å². The number of rotatable bonds is 9. The van der Waals surface area contributed by atoms with Gasteiger partial charge in [-0.05, 0) is 73.5 Å². The van der Waals surface area contributed by atoms with Crippen molar-refractivity contribution in [3.63, 3.8) is 0 Å². The van der Waals surface area contributed by atoms with Crippen LogP contribution < -0.4 is 4.74 Å². The maximum absolute atomic E-state index is 9.76. The molecule has 0 atom stereocenters. The van der Waals surface area contributed by atoms with Gasteiger partial charge in [-0.1, -0.05) is 67.1 Å². The fourth-order valence-corrected chi connectivity index (χ4v) is 3.50. The molecule has 1 N–H and O–H groups in total. The van der Waals surface area contributed by atoms with Crippen molar-refractivity contribution < 1.29 is 9.84 Å². The van der Waals surface area contributed by atoms with E-state index in [0.717, 1.165) is 36.3 Å². The smallest absolute Gasteiger partial charge is 0.119 e. The summed E-state index contributed by atoms with van der Waals surface area (Å²) >= 11 is 0. The van der Waals surface area contributed by atoms with Gasteiger partial charge in [0.05, 0.1) is 0 Å². The number of phenolic OH excluding ortho intramolecular Hbond substituents is 1. The van der Waals surface area contributed by atoms with E-state index in [4.69, 9.17) is 4.74 Å². The van der Waals surface area contributed by atoms with E-state index >= 15 is 0 Å². The number of nitrogens with zero attached hydrogens (tertiary/aromatic N) is 1. The maximum atomic E-state index is 9.76. The Bertz CT molecular complexity index is 942. The molecular formula is C27H31NO2. The summed E-state index contributed by atoms with van der Waals surface area (Å²) in [4.78, 5) is 2.11. The second-order valence-corrected chi connectivity index (χ2v) is 7.72. The lowest BCUT2D eigenvalue weighted by atomic mass is 9.88. The van der Waals surface area contributed by atoms with Gasteiger partial charge in [-0.3, -0.25) is 0 Å². The molecule has 3 aromatic rings. The molecular weight excluding hydrogens is 370 g/mol. The number of hydrogen-bond donors (Lipinski definition) is 1. The van der Waals surface area contributed by atoms with Crippen LogP contribution in [-0.2, 0) is 6.42 Å². The van der Waals surface area contributed by atoms with Gasteiger partial charge in [0, 0.05) is 6.54 Å². The van der Waals surface area contributed by atoms with Gasteiger partial charge in [-0.15, -0.1) is 0 Å². The van der Waals surface area contributed by atoms with Gasteiger partial charge in [0.15, 0.2) is 0 Å². The third-order valence-corrected chi connectivity index (χ3v) is 5.15. The molecule has 0 saturated heterocycles. The summed E-state index contributed by atoms with van der Waals surface area (Å²) in [7, 11) is 4.08. The minimum atomic E-state index is 0.281. The summed E-state index contributed by atoms with van der Waals surface area (Å²) in [6.07, 6.45) is 1.85. The second kappa shape index (κ2) is 10.7. The normalized spacial score (nSPS) is 12.0. The minimum absolute atomic E-state index is 0.281. The van der Waals surface area contributed by atoms with Gasteiger partial charge in [0.25, 0.3) is 0 Å². The Balaban J connectivity index is 1.96. The van der Waals surface area contributed by atoms with E-state index in [1.54, 1.807) is 12.1 Å². The van der Waals surface area contributed by atoms with Gasteiger partial charge in [0.1, 0.15) is 18.1 Å². The van der Waals surface area contributed by atoms with Crippen LogP contribution in [0.2, 0.25) is 0 Å². The molecule has 0 bridgehead atoms. The first-order valence-corrected chi connectivity index (χ1v) is 10.5. The molecule has 3 heteroatoms. The lowest BCUT2D eigenvalue weighted by Gasteiger charge is -2.17. The van der Waals surface area contributed by atoms with Crippen molar-refractivity contribution in [1.82, 2.24) is 4.90 Å². The molecule has 0 radical (unpaired) electrons. The van der Waals surface area contributed by atoms with E-state index in [0.29, 0.717) is 6.61 Å². The highest BCUT2D eigenvalue weighted by Gasteiger charge is 2.12. The fraction of sp³-hybridized carbons (Fsp3) is 0.259. The Labute approximate surface area is 180 Å². The fourth-order valence-electron chi connectivity index (χ4n) is 3.50. The van der Waals surface area contributed by atoms with Crippen molar-refractivity contribution in [2.45, 2.75) is 19.8 Å². The topological polar surface area (TPSA) is 32.7 Å². The Hall–Kier alpha value is -3.04. The van der Waals surface area contributed by atoms with E-state index in [-0.39, 0.29) is 5.75 Å². The summed E-state index contributed by atoms with van der Waals surface area (Å²) < 4.78 is 5.86. The molecule has 3 aromatic carbocycles. The Kier molecular flexibility index (Phi) is 7.69. The van der Waals surface area contributed by atoms with Crippen molar-refractivity contribution in [3.05, 3.63) is 101 Å². The highest BCUT2D eigenvalue weighted by Crippen LogP contribution is 2.32. The molecule has 156 valence electrons. The molecule has 0 unspecified atom stereocenters. The predicted molar refractivity (Wildman–Crippen MR) is 125 cm³/mol. The molecule has 0 aliphatic heterocycles. The zero-order valence-electron chi connectivity index (χ0n) is 18.1. The van der Waals surface area contributed by atoms with E-state index in [2.05, 4.69) is 54.3 Å². The Morgan fingerprint density at radius 2 is 1.43 bits per heavy atom. The molecule has 0 amide bonds. The summed E-state index contributed by atoms with van der Waals surface area (Å²) in [6, 6.07) is 26.4. The number of phenols is 1. The SMILES string of the molecule is CC/C(Cc1ccccc1)=C(/c1ccc(O)cc1)c1ccc(OCCN(C)C)cc1. The summed E-state index contributed by atoms with van der Waals surface area (Å²) in [5.41, 5.74) is 6.17. The highest BCUT2D eigenvalue weighted by molar-refractivity contribution is 5.82. The molecule has 3 nitrogen and oxygen atoms in total. The first-order chi connectivity index (χ1) is 14.6. The van der Waals surface area contributed by atoms with Crippen molar-refractivity contribution >= 4 is 5.57 Å². The first kappa shape index (κ1) is 21.7. The standard InChI is InChI=1S/C27H31NO2/c1-4-22(20-21-8-6-5-7-9-21)27(23-10-14-25(29)15-11-23)24-12-16-26(17-13-24)30-19-18-28(2)3/h5-17,29H,4,18-20H2,1-3H3/b27-22+. The molecule has 3 rings (SSSR count). The average molecular weight is 402 g/mol. The zero-order valence-corrected chi connectivity index (χ0v) is 18.1. The number of aromatic hydroxyl groups is 1. The molecule has 0 aliphatic carbocycles. The van der Waals surface area contributed by atoms with Gasteiger partial charge >= 0.3 is 0 Å². The largest absolute Gasteiger partial charge is 0.508 e. The van der Waals surface area contributed by atoms with Crippen LogP contribution in [0.5, 0.6) is 11.5 Å². The molecule has 30 heavy (non-hydrogen) atoms. The Morgan fingerprint density at radius 1 is 0.833 bits per heavy atom. The third-order valence-electron chi connectivity index (χ3n) is 5.15. The van der Waals surface area contributed by atoms with Crippen LogP contribution in [0, 0.1) is 0 Å². The molecule has 0 spiro atoms. The van der Waals surface area contributed by atoms with Gasteiger partial charge < -0.3 is 14.7 Å². The number of benzene rings is 3. The van der Waals surface area contributed by atoms with Crippen molar-refractivity contribution in [2.24, 2.45) is 0 Å². The van der Waals surface area contributed by atoms with Crippen LogP contribution in [0.3, 0.4) is 0 Å². The van der Waals surface area contributed by atoms with Gasteiger partial charge in [-0.2, -0.15) is 0 Å². The van der Waals surface area contributed by atoms with Crippen LogP contribution in [-0.4, -0.2) is 37.3 Å². The van der Waals surface area contributed by atoms with Crippen LogP contribution >= 0.6 is 0 Å². The lowest BCUT2D eigenvalue weighted by Crippen LogP contribution is -2.19. The van der Waals surface area contributed by atoms with Gasteiger partial charge in [-0.25, -0.2) is 0 Å². The number of likely N-dealkylation sites (N-methyl/N-ethyl adjacent to an activating group) is 1. The van der Waals surface area contributed by atoms with E-state index in [1.807, 2.05) is 38.4 Å². The number of allylic oxidation sites excluding steroid dienone is 1. The number of ether oxygens (including phenoxy) is 1. The molecule has 0 heterocycles. The van der Waals surface area contributed by atoms with Crippen molar-refractivity contribution in [1.29, 1.82) is 0 Å². The second-order valence-electron chi connectivity index (χ2n) is 7.72. The summed E-state index contributed by atoms with van der Waals surface area (Å²) in [5, 5.41) is 9.76. The maximum Gasteiger partial charge on any atom is 0.119 e. The van der Waals surface area contributed by atoms with Crippen LogP contribution in [0.4, 0.5) is 0 Å². The average Bonchev–Trinajstić information content (AvgIpc) is 2.76. The first-order valence-electron chi connectivity index (χ1n) is 10.5. The van der Waals surface area contributed by atoms with Gasteiger partial charge in [0.2, 0.25) is 0 Å². The highest BCUT2D eigenvalue weighted by atomic mass is 16.5. The van der Waals surface area contributed by atoms with E-state index in [9.17, 15) is 5.11 Å². The minimum Gasteiger partial charge on any atom is -0.508 e. The molecule has 0 aliphatic rings. The molecule has 0 saturated carbocycles. The van der Waals surface area contributed by atoms with Crippen molar-refractivity contribution in [2.75, 3.05) is 27.2 Å². The van der Waals surface area contributed by atoms with Crippen LogP contribution in [0.1, 0.15) is 30.0 Å². The predicted octanol–water partition coefficient (Wildman–Crippen LogP) is 5.79. The number of hydrogen-bond acceptors (Lipinski definition) is 3. The molecule has 0 fully saturated rings. The zero-order chi connectivity index (χ0) is 21.3. The molecule has 0 aromatic heterocycles. The lowest BCUT2D eigenvalue weighted by molar-refractivity contribution is 0.261. The van der Waals surface area contributed by atoms with Crippen LogP contribution in [0.15, 0.2) is 84.4 Å². The third kappa shape index (κ3) is 5.98. The monoisotopic (exact) mass is 401 g/mol. The van der Waals surface area contributed by atoms with E-state index < -0.39 is 0 Å². The van der Waals surface area contributed by atoms with Crippen molar-refractivity contribution in [3.8, 4) is 11.5 Å². The summed E-state index contributed by atoms with van der Waals surface area (Å²) in [5.74, 6) is 1.16.